The summed E-state index contributed by atoms with van der Waals surface area (Å²) in [4.78, 5) is 34.5. The summed E-state index contributed by atoms with van der Waals surface area (Å²) in [6.07, 6.45) is 0. The van der Waals surface area contributed by atoms with Gasteiger partial charge in [-0.2, -0.15) is 0 Å². The van der Waals surface area contributed by atoms with Crippen LogP contribution in [0.3, 0.4) is 0 Å². The van der Waals surface area contributed by atoms with E-state index >= 15 is 0 Å². The Balaban J connectivity index is 2.30. The van der Waals surface area contributed by atoms with Crippen molar-refractivity contribution in [2.24, 2.45) is 0 Å². The maximum Gasteiger partial charge on any atom is 0.338 e. The van der Waals surface area contributed by atoms with E-state index in [0.717, 1.165) is 24.8 Å². The molecule has 2 aromatic carbocycles. The topological polar surface area (TPSA) is 98.5 Å². The molecule has 136 valence electrons. The molecule has 7 nitrogen and oxygen atoms in total. The molecule has 0 unspecified atom stereocenters. The zero-order chi connectivity index (χ0) is 19.5. The fraction of sp³-hybridized carbons (Fsp3) is 0.263. The van der Waals surface area contributed by atoms with Gasteiger partial charge in [0.15, 0.2) is 0 Å². The Kier molecular flexibility index (Phi) is 5.40. The van der Waals surface area contributed by atoms with Gasteiger partial charge < -0.3 is 10.1 Å². The van der Waals surface area contributed by atoms with Gasteiger partial charge in [0.25, 0.3) is 11.6 Å². The van der Waals surface area contributed by atoms with Gasteiger partial charge in [-0.3, -0.25) is 14.9 Å². The number of esters is 1. The molecule has 1 N–H and O–H groups in total. The number of methoxy groups -OCH3 is 1. The third kappa shape index (κ3) is 4.44. The lowest BCUT2D eigenvalue weighted by Crippen LogP contribution is -2.15. The zero-order valence-corrected chi connectivity index (χ0v) is 15.0. The Bertz CT molecular complexity index is 851. The van der Waals surface area contributed by atoms with Crippen molar-refractivity contribution < 1.29 is 19.2 Å². The highest BCUT2D eigenvalue weighted by Crippen LogP contribution is 2.24. The normalized spacial score (nSPS) is 10.9. The third-order valence-electron chi connectivity index (χ3n) is 3.82. The van der Waals surface area contributed by atoms with Crippen molar-refractivity contribution >= 4 is 23.3 Å². The molecule has 0 saturated carbocycles. The summed E-state index contributed by atoms with van der Waals surface area (Å²) in [5.74, 6) is -1.31. The molecule has 0 fully saturated rings. The maximum atomic E-state index is 12.4. The predicted molar refractivity (Wildman–Crippen MR) is 97.5 cm³/mol. The van der Waals surface area contributed by atoms with E-state index < -0.39 is 16.8 Å². The summed E-state index contributed by atoms with van der Waals surface area (Å²) >= 11 is 0. The van der Waals surface area contributed by atoms with E-state index in [4.69, 9.17) is 0 Å². The number of benzene rings is 2. The molecule has 0 bridgehead atoms. The molecule has 0 saturated heterocycles. The Labute approximate surface area is 151 Å². The SMILES string of the molecule is COC(=O)c1cc(C(=O)Nc2ccc(C(C)(C)C)cc2)cc([N+](=O)[O-])c1. The molecule has 0 atom stereocenters. The second-order valence-electron chi connectivity index (χ2n) is 6.80. The predicted octanol–water partition coefficient (Wildman–Crippen LogP) is 3.93. The van der Waals surface area contributed by atoms with E-state index in [2.05, 4.69) is 30.8 Å². The van der Waals surface area contributed by atoms with Crippen LogP contribution in [-0.2, 0) is 10.2 Å². The molecule has 2 rings (SSSR count). The van der Waals surface area contributed by atoms with Crippen LogP contribution in [0.25, 0.3) is 0 Å². The maximum absolute atomic E-state index is 12.4. The van der Waals surface area contributed by atoms with Crippen LogP contribution < -0.4 is 5.32 Å². The molecule has 7 heteroatoms. The van der Waals surface area contributed by atoms with E-state index in [-0.39, 0.29) is 22.2 Å². The number of hydrogen-bond acceptors (Lipinski definition) is 5. The van der Waals surface area contributed by atoms with Crippen molar-refractivity contribution in [3.8, 4) is 0 Å². The number of nitrogens with zero attached hydrogens (tertiary/aromatic N) is 1. The highest BCUT2D eigenvalue weighted by molar-refractivity contribution is 6.06. The quantitative estimate of drug-likeness (QED) is 0.508. The van der Waals surface area contributed by atoms with Gasteiger partial charge in [-0.15, -0.1) is 0 Å². The Morgan fingerprint density at radius 2 is 1.62 bits per heavy atom. The van der Waals surface area contributed by atoms with Crippen molar-refractivity contribution in [2.75, 3.05) is 12.4 Å². The van der Waals surface area contributed by atoms with Gasteiger partial charge in [-0.1, -0.05) is 32.9 Å². The number of non-ortho nitro benzene ring substituents is 1. The standard InChI is InChI=1S/C19H20N2O5/c1-19(2,3)14-5-7-15(8-6-14)20-17(22)12-9-13(18(23)26-4)11-16(10-12)21(24)25/h5-11H,1-4H3,(H,20,22). The van der Waals surface area contributed by atoms with Gasteiger partial charge >= 0.3 is 5.97 Å². The first-order valence-electron chi connectivity index (χ1n) is 7.91. The van der Waals surface area contributed by atoms with Gasteiger partial charge in [-0.25, -0.2) is 4.79 Å². The lowest BCUT2D eigenvalue weighted by Gasteiger charge is -2.19. The van der Waals surface area contributed by atoms with Crippen molar-refractivity contribution in [2.45, 2.75) is 26.2 Å². The second-order valence-corrected chi connectivity index (χ2v) is 6.80. The van der Waals surface area contributed by atoms with Gasteiger partial charge in [0.05, 0.1) is 17.6 Å². The average Bonchev–Trinajstić information content (AvgIpc) is 2.60. The third-order valence-corrected chi connectivity index (χ3v) is 3.82. The number of amides is 1. The summed E-state index contributed by atoms with van der Waals surface area (Å²) in [6.45, 7) is 6.24. The summed E-state index contributed by atoms with van der Waals surface area (Å²) in [7, 11) is 1.16. The van der Waals surface area contributed by atoms with E-state index in [1.807, 2.05) is 12.1 Å². The number of nitro groups is 1. The summed E-state index contributed by atoms with van der Waals surface area (Å²) < 4.78 is 4.58. The highest BCUT2D eigenvalue weighted by atomic mass is 16.6. The lowest BCUT2D eigenvalue weighted by atomic mass is 9.87. The van der Waals surface area contributed by atoms with Crippen LogP contribution in [0.1, 0.15) is 47.1 Å². The van der Waals surface area contributed by atoms with Crippen molar-refractivity contribution in [1.82, 2.24) is 0 Å². The molecular weight excluding hydrogens is 336 g/mol. The van der Waals surface area contributed by atoms with E-state index in [1.54, 1.807) is 12.1 Å². The van der Waals surface area contributed by atoms with E-state index in [0.29, 0.717) is 5.69 Å². The van der Waals surface area contributed by atoms with Gasteiger partial charge in [0.2, 0.25) is 0 Å². The number of nitrogens with one attached hydrogen (secondary N) is 1. The molecule has 2 aromatic rings. The molecule has 0 spiro atoms. The number of hydrogen-bond donors (Lipinski definition) is 1. The van der Waals surface area contributed by atoms with Crippen LogP contribution in [0.4, 0.5) is 11.4 Å². The molecule has 0 aliphatic heterocycles. The number of rotatable bonds is 4. The minimum absolute atomic E-state index is 0.000465. The second kappa shape index (κ2) is 7.35. The highest BCUT2D eigenvalue weighted by Gasteiger charge is 2.19. The molecular formula is C19H20N2O5. The Hall–Kier alpha value is -3.22. The van der Waals surface area contributed by atoms with Gasteiger partial charge in [-0.05, 0) is 29.2 Å². The molecule has 0 heterocycles. The number of ether oxygens (including phenoxy) is 1. The van der Waals surface area contributed by atoms with Crippen molar-refractivity contribution in [3.63, 3.8) is 0 Å². The fourth-order valence-corrected chi connectivity index (χ4v) is 2.34. The van der Waals surface area contributed by atoms with Crippen LogP contribution in [0, 0.1) is 10.1 Å². The first-order valence-corrected chi connectivity index (χ1v) is 7.91. The van der Waals surface area contributed by atoms with Gasteiger partial charge in [0, 0.05) is 23.4 Å². The molecule has 0 aliphatic carbocycles. The first-order chi connectivity index (χ1) is 12.1. The van der Waals surface area contributed by atoms with Crippen molar-refractivity contribution in [1.29, 1.82) is 0 Å². The van der Waals surface area contributed by atoms with E-state index in [9.17, 15) is 19.7 Å². The smallest absolute Gasteiger partial charge is 0.338 e. The van der Waals surface area contributed by atoms with E-state index in [1.165, 1.54) is 6.07 Å². The number of carbonyl (C=O) groups excluding carboxylic acids is 2. The first kappa shape index (κ1) is 19.1. The monoisotopic (exact) mass is 356 g/mol. The van der Waals surface area contributed by atoms with Crippen molar-refractivity contribution in [3.05, 3.63) is 69.3 Å². The Morgan fingerprint density at radius 1 is 1.04 bits per heavy atom. The summed E-state index contributed by atoms with van der Waals surface area (Å²) in [5.41, 5.74) is 1.22. The molecule has 0 radical (unpaired) electrons. The van der Waals surface area contributed by atoms with Crippen LogP contribution in [0.2, 0.25) is 0 Å². The minimum Gasteiger partial charge on any atom is -0.465 e. The minimum atomic E-state index is -0.753. The molecule has 26 heavy (non-hydrogen) atoms. The van der Waals surface area contributed by atoms with Gasteiger partial charge in [0.1, 0.15) is 0 Å². The lowest BCUT2D eigenvalue weighted by molar-refractivity contribution is -0.384. The molecule has 0 aromatic heterocycles. The number of anilines is 1. The summed E-state index contributed by atoms with van der Waals surface area (Å²) in [5, 5.41) is 13.7. The molecule has 0 aliphatic rings. The van der Waals surface area contributed by atoms with Crippen LogP contribution >= 0.6 is 0 Å². The molecule has 1 amide bonds. The zero-order valence-electron chi connectivity index (χ0n) is 15.0. The number of carbonyl (C=O) groups is 2. The largest absolute Gasteiger partial charge is 0.465 e. The van der Waals surface area contributed by atoms with Crippen LogP contribution in [0.15, 0.2) is 42.5 Å². The average molecular weight is 356 g/mol. The summed E-state index contributed by atoms with van der Waals surface area (Å²) in [6, 6.07) is 10.8. The van der Waals surface area contributed by atoms with Crippen LogP contribution in [0.5, 0.6) is 0 Å². The van der Waals surface area contributed by atoms with Crippen LogP contribution in [-0.4, -0.2) is 23.9 Å². The fourth-order valence-electron chi connectivity index (χ4n) is 2.34. The number of nitro benzene ring substituents is 1. The Morgan fingerprint density at radius 3 is 2.12 bits per heavy atom.